The molecule has 4 nitrogen and oxygen atoms in total. The second-order valence-corrected chi connectivity index (χ2v) is 5.39. The number of amides is 1. The summed E-state index contributed by atoms with van der Waals surface area (Å²) >= 11 is 0. The van der Waals surface area contributed by atoms with Gasteiger partial charge >= 0.3 is 5.97 Å². The molecule has 0 aliphatic heterocycles. The maximum absolute atomic E-state index is 11.7. The molecule has 1 saturated carbocycles. The fourth-order valence-corrected chi connectivity index (χ4v) is 2.48. The molecule has 20 heavy (non-hydrogen) atoms. The molecule has 0 atom stereocenters. The lowest BCUT2D eigenvalue weighted by molar-refractivity contribution is -0.141. The van der Waals surface area contributed by atoms with Gasteiger partial charge in [-0.15, -0.1) is 0 Å². The summed E-state index contributed by atoms with van der Waals surface area (Å²) in [5.74, 6) is -0.968. The summed E-state index contributed by atoms with van der Waals surface area (Å²) in [4.78, 5) is 22.6. The quantitative estimate of drug-likeness (QED) is 0.782. The molecule has 106 valence electrons. The Balaban J connectivity index is 1.83. The minimum atomic E-state index is -0.793. The lowest BCUT2D eigenvalue weighted by atomic mass is 9.66. The molecular formula is C16H19NO3. The first-order valence-corrected chi connectivity index (χ1v) is 6.82. The van der Waals surface area contributed by atoms with Gasteiger partial charge in [0.15, 0.2) is 0 Å². The van der Waals surface area contributed by atoms with Crippen molar-refractivity contribution in [3.05, 3.63) is 42.0 Å². The molecule has 2 rings (SSSR count). The summed E-state index contributed by atoms with van der Waals surface area (Å²) in [6, 6.07) is 9.58. The van der Waals surface area contributed by atoms with Crippen molar-refractivity contribution in [3.8, 4) is 0 Å². The topological polar surface area (TPSA) is 66.4 Å². The van der Waals surface area contributed by atoms with Crippen LogP contribution in [0.1, 0.15) is 31.2 Å². The van der Waals surface area contributed by atoms with E-state index >= 15 is 0 Å². The molecule has 0 unspecified atom stereocenters. The van der Waals surface area contributed by atoms with Gasteiger partial charge in [0.05, 0.1) is 6.42 Å². The van der Waals surface area contributed by atoms with Gasteiger partial charge in [0, 0.05) is 12.6 Å². The third-order valence-corrected chi connectivity index (χ3v) is 3.80. The molecule has 1 aromatic carbocycles. The lowest BCUT2D eigenvalue weighted by Gasteiger charge is -2.40. The lowest BCUT2D eigenvalue weighted by Crippen LogP contribution is -2.43. The van der Waals surface area contributed by atoms with Crippen LogP contribution in [0, 0.1) is 5.41 Å². The van der Waals surface area contributed by atoms with Crippen molar-refractivity contribution in [2.75, 3.05) is 6.54 Å². The van der Waals surface area contributed by atoms with Crippen LogP contribution in [0.3, 0.4) is 0 Å². The smallest absolute Gasteiger partial charge is 0.303 e. The largest absolute Gasteiger partial charge is 0.481 e. The molecule has 1 aliphatic rings. The van der Waals surface area contributed by atoms with Crippen LogP contribution < -0.4 is 5.32 Å². The molecule has 1 fully saturated rings. The number of hydrogen-bond donors (Lipinski definition) is 2. The van der Waals surface area contributed by atoms with Gasteiger partial charge < -0.3 is 10.4 Å². The number of carboxylic acids is 1. The number of carbonyl (C=O) groups is 2. The Morgan fingerprint density at radius 1 is 1.25 bits per heavy atom. The van der Waals surface area contributed by atoms with Gasteiger partial charge in [-0.25, -0.2) is 0 Å². The maximum atomic E-state index is 11.7. The molecule has 0 spiro atoms. The molecule has 0 heterocycles. The van der Waals surface area contributed by atoms with Crippen molar-refractivity contribution in [2.45, 2.75) is 25.7 Å². The van der Waals surface area contributed by atoms with Gasteiger partial charge in [-0.2, -0.15) is 0 Å². The highest BCUT2D eigenvalue weighted by molar-refractivity contribution is 5.91. The molecule has 4 heteroatoms. The molecule has 1 aliphatic carbocycles. The standard InChI is InChI=1S/C16H19NO3/c18-14(8-7-13-5-2-1-3-6-13)17-12-16(9-4-10-16)11-15(19)20/h1-3,5-8H,4,9-12H2,(H,17,18)(H,19,20)/b8-7+. The predicted molar refractivity (Wildman–Crippen MR) is 77.0 cm³/mol. The van der Waals surface area contributed by atoms with Gasteiger partial charge in [-0.1, -0.05) is 36.8 Å². The Bertz CT molecular complexity index is 504. The first kappa shape index (κ1) is 14.3. The highest BCUT2D eigenvalue weighted by Crippen LogP contribution is 2.43. The van der Waals surface area contributed by atoms with E-state index in [9.17, 15) is 9.59 Å². The van der Waals surface area contributed by atoms with E-state index in [1.165, 1.54) is 6.08 Å². The van der Waals surface area contributed by atoms with Gasteiger partial charge in [0.2, 0.25) is 5.91 Å². The summed E-state index contributed by atoms with van der Waals surface area (Å²) in [6.45, 7) is 0.442. The number of hydrogen-bond acceptors (Lipinski definition) is 2. The monoisotopic (exact) mass is 273 g/mol. The first-order chi connectivity index (χ1) is 9.60. The van der Waals surface area contributed by atoms with Crippen molar-refractivity contribution in [3.63, 3.8) is 0 Å². The van der Waals surface area contributed by atoms with Gasteiger partial charge in [0.25, 0.3) is 0 Å². The van der Waals surface area contributed by atoms with Crippen LogP contribution >= 0.6 is 0 Å². The van der Waals surface area contributed by atoms with Crippen LogP contribution in [0.25, 0.3) is 6.08 Å². The second-order valence-electron chi connectivity index (χ2n) is 5.39. The van der Waals surface area contributed by atoms with Crippen LogP contribution in [-0.2, 0) is 9.59 Å². The Kier molecular flexibility index (Phi) is 4.56. The van der Waals surface area contributed by atoms with Gasteiger partial charge in [0.1, 0.15) is 0 Å². The third-order valence-electron chi connectivity index (χ3n) is 3.80. The SMILES string of the molecule is O=C(O)CC1(CNC(=O)/C=C/c2ccccc2)CCC1. The highest BCUT2D eigenvalue weighted by atomic mass is 16.4. The van der Waals surface area contributed by atoms with Crippen LogP contribution in [0.2, 0.25) is 0 Å². The predicted octanol–water partition coefficient (Wildman–Crippen LogP) is 2.46. The van der Waals surface area contributed by atoms with E-state index in [0.29, 0.717) is 6.54 Å². The van der Waals surface area contributed by atoms with Crippen LogP contribution in [0.5, 0.6) is 0 Å². The van der Waals surface area contributed by atoms with E-state index in [1.54, 1.807) is 6.08 Å². The summed E-state index contributed by atoms with van der Waals surface area (Å²) in [5.41, 5.74) is 0.730. The van der Waals surface area contributed by atoms with Crippen molar-refractivity contribution in [1.29, 1.82) is 0 Å². The molecule has 1 aromatic rings. The third kappa shape index (κ3) is 3.95. The Morgan fingerprint density at radius 3 is 2.50 bits per heavy atom. The van der Waals surface area contributed by atoms with E-state index in [-0.39, 0.29) is 17.7 Å². The first-order valence-electron chi connectivity index (χ1n) is 6.82. The highest BCUT2D eigenvalue weighted by Gasteiger charge is 2.38. The van der Waals surface area contributed by atoms with E-state index in [0.717, 1.165) is 24.8 Å². The summed E-state index contributed by atoms with van der Waals surface area (Å²) in [6.07, 6.45) is 6.17. The Labute approximate surface area is 118 Å². The zero-order chi connectivity index (χ0) is 14.4. The fourth-order valence-electron chi connectivity index (χ4n) is 2.48. The number of aliphatic carboxylic acids is 1. The Hall–Kier alpha value is -2.10. The molecule has 0 saturated heterocycles. The maximum Gasteiger partial charge on any atom is 0.303 e. The minimum Gasteiger partial charge on any atom is -0.481 e. The van der Waals surface area contributed by atoms with Crippen molar-refractivity contribution < 1.29 is 14.7 Å². The second kappa shape index (κ2) is 6.37. The van der Waals surface area contributed by atoms with E-state index in [2.05, 4.69) is 5.32 Å². The fraction of sp³-hybridized carbons (Fsp3) is 0.375. The molecule has 1 amide bonds. The zero-order valence-corrected chi connectivity index (χ0v) is 11.3. The minimum absolute atomic E-state index is 0.135. The molecule has 0 bridgehead atoms. The zero-order valence-electron chi connectivity index (χ0n) is 11.3. The molecular weight excluding hydrogens is 254 g/mol. The summed E-state index contributed by atoms with van der Waals surface area (Å²) in [7, 11) is 0. The van der Waals surface area contributed by atoms with E-state index < -0.39 is 5.97 Å². The van der Waals surface area contributed by atoms with Crippen LogP contribution in [0.4, 0.5) is 0 Å². The summed E-state index contributed by atoms with van der Waals surface area (Å²) in [5, 5.41) is 11.7. The Morgan fingerprint density at radius 2 is 1.95 bits per heavy atom. The molecule has 0 radical (unpaired) electrons. The number of rotatable bonds is 6. The number of benzene rings is 1. The summed E-state index contributed by atoms with van der Waals surface area (Å²) < 4.78 is 0. The molecule has 0 aromatic heterocycles. The van der Waals surface area contributed by atoms with Crippen molar-refractivity contribution >= 4 is 18.0 Å². The van der Waals surface area contributed by atoms with Gasteiger partial charge in [-0.05, 0) is 29.9 Å². The van der Waals surface area contributed by atoms with E-state index in [1.807, 2.05) is 30.3 Å². The van der Waals surface area contributed by atoms with Crippen LogP contribution in [0.15, 0.2) is 36.4 Å². The molecule has 2 N–H and O–H groups in total. The van der Waals surface area contributed by atoms with Crippen molar-refractivity contribution in [1.82, 2.24) is 5.32 Å². The van der Waals surface area contributed by atoms with E-state index in [4.69, 9.17) is 5.11 Å². The average Bonchev–Trinajstić information content (AvgIpc) is 2.40. The van der Waals surface area contributed by atoms with Crippen LogP contribution in [-0.4, -0.2) is 23.5 Å². The number of carboxylic acid groups (broad SMARTS) is 1. The normalized spacial score (nSPS) is 16.6. The van der Waals surface area contributed by atoms with Gasteiger partial charge in [-0.3, -0.25) is 9.59 Å². The average molecular weight is 273 g/mol. The van der Waals surface area contributed by atoms with Crippen molar-refractivity contribution in [2.24, 2.45) is 5.41 Å². The number of nitrogens with one attached hydrogen (secondary N) is 1. The number of carbonyl (C=O) groups excluding carboxylic acids is 1.